The molecule has 8 heteroatoms. The second kappa shape index (κ2) is 11.2. The summed E-state index contributed by atoms with van der Waals surface area (Å²) < 4.78 is 0. The van der Waals surface area contributed by atoms with Gasteiger partial charge in [-0.15, -0.1) is 0 Å². The largest absolute Gasteiger partial charge is 0.352 e. The zero-order valence-corrected chi connectivity index (χ0v) is 20.0. The molecule has 2 aromatic rings. The van der Waals surface area contributed by atoms with Gasteiger partial charge in [0, 0.05) is 32.7 Å². The Balaban J connectivity index is 2.34. The topological polar surface area (TPSA) is 49.4 Å². The van der Waals surface area contributed by atoms with Gasteiger partial charge >= 0.3 is 0 Å². The van der Waals surface area contributed by atoms with Gasteiger partial charge in [0.25, 0.3) is 0 Å². The van der Waals surface area contributed by atoms with Crippen LogP contribution in [0.3, 0.4) is 0 Å². The fraction of sp³-hybridized carbons (Fsp3) is 0.364. The minimum absolute atomic E-state index is 0.00552. The van der Waals surface area contributed by atoms with E-state index < -0.39 is 6.04 Å². The SMILES string of the molecule is CC[C@@H](C)NC(=O)[C@@H](C)N(Cc1ccc(Cl)cc1Cl)C(=O)Cc1c(Cl)cccc1Cl. The molecule has 0 saturated heterocycles. The first kappa shape index (κ1) is 24.8. The maximum atomic E-state index is 13.3. The van der Waals surface area contributed by atoms with E-state index in [1.54, 1.807) is 43.3 Å². The van der Waals surface area contributed by atoms with E-state index in [2.05, 4.69) is 5.32 Å². The van der Waals surface area contributed by atoms with Crippen molar-refractivity contribution in [3.63, 3.8) is 0 Å². The van der Waals surface area contributed by atoms with Crippen molar-refractivity contribution in [2.24, 2.45) is 0 Å². The summed E-state index contributed by atoms with van der Waals surface area (Å²) in [6, 6.07) is 9.38. The Morgan fingerprint density at radius 2 is 1.63 bits per heavy atom. The van der Waals surface area contributed by atoms with Crippen LogP contribution in [0.25, 0.3) is 0 Å². The Labute approximate surface area is 197 Å². The molecule has 2 rings (SSSR count). The highest BCUT2D eigenvalue weighted by Gasteiger charge is 2.28. The Hall–Kier alpha value is -1.46. The molecule has 2 aromatic carbocycles. The number of nitrogens with one attached hydrogen (secondary N) is 1. The molecule has 4 nitrogen and oxygen atoms in total. The molecule has 0 heterocycles. The van der Waals surface area contributed by atoms with Crippen LogP contribution in [-0.4, -0.2) is 28.8 Å². The molecule has 0 saturated carbocycles. The summed E-state index contributed by atoms with van der Waals surface area (Å²) >= 11 is 24.8. The zero-order valence-electron chi connectivity index (χ0n) is 17.0. The number of benzene rings is 2. The Morgan fingerprint density at radius 1 is 1.00 bits per heavy atom. The molecule has 0 unspecified atom stereocenters. The summed E-state index contributed by atoms with van der Waals surface area (Å²) in [7, 11) is 0. The van der Waals surface area contributed by atoms with Crippen molar-refractivity contribution in [1.29, 1.82) is 0 Å². The van der Waals surface area contributed by atoms with Crippen LogP contribution >= 0.6 is 46.4 Å². The number of rotatable bonds is 8. The van der Waals surface area contributed by atoms with Crippen LogP contribution in [0.5, 0.6) is 0 Å². The van der Waals surface area contributed by atoms with Crippen molar-refractivity contribution in [3.05, 3.63) is 67.6 Å². The van der Waals surface area contributed by atoms with Gasteiger partial charge in [-0.3, -0.25) is 9.59 Å². The van der Waals surface area contributed by atoms with Crippen molar-refractivity contribution in [2.75, 3.05) is 0 Å². The molecule has 0 aliphatic heterocycles. The second-order valence-corrected chi connectivity index (χ2v) is 8.79. The predicted octanol–water partition coefficient (Wildman–Crippen LogP) is 6.17. The van der Waals surface area contributed by atoms with Gasteiger partial charge < -0.3 is 10.2 Å². The number of halogens is 4. The van der Waals surface area contributed by atoms with Gasteiger partial charge in [-0.25, -0.2) is 0 Å². The predicted molar refractivity (Wildman–Crippen MR) is 125 cm³/mol. The molecule has 0 aliphatic rings. The highest BCUT2D eigenvalue weighted by molar-refractivity contribution is 6.36. The summed E-state index contributed by atoms with van der Waals surface area (Å²) in [4.78, 5) is 27.5. The molecular formula is C22H24Cl4N2O2. The Bertz CT molecular complexity index is 900. The lowest BCUT2D eigenvalue weighted by Gasteiger charge is -2.30. The minimum atomic E-state index is -0.723. The monoisotopic (exact) mass is 488 g/mol. The molecule has 0 aromatic heterocycles. The van der Waals surface area contributed by atoms with E-state index in [-0.39, 0.29) is 30.8 Å². The minimum Gasteiger partial charge on any atom is -0.352 e. The number of hydrogen-bond acceptors (Lipinski definition) is 2. The van der Waals surface area contributed by atoms with Crippen molar-refractivity contribution in [2.45, 2.75) is 52.2 Å². The first-order valence-corrected chi connectivity index (χ1v) is 11.1. The number of nitrogens with zero attached hydrogens (tertiary/aromatic N) is 1. The maximum absolute atomic E-state index is 13.3. The molecule has 0 fully saturated rings. The quantitative estimate of drug-likeness (QED) is 0.481. The number of hydrogen-bond donors (Lipinski definition) is 1. The molecule has 162 valence electrons. The first-order valence-electron chi connectivity index (χ1n) is 9.60. The number of carbonyl (C=O) groups excluding carboxylic acids is 2. The van der Waals surface area contributed by atoms with Gasteiger partial charge in [0.2, 0.25) is 11.8 Å². The third-order valence-electron chi connectivity index (χ3n) is 4.91. The van der Waals surface area contributed by atoms with E-state index in [1.165, 1.54) is 4.90 Å². The third-order valence-corrected chi connectivity index (χ3v) is 6.21. The summed E-state index contributed by atoms with van der Waals surface area (Å²) in [6.07, 6.45) is 0.745. The number of amides is 2. The molecule has 0 radical (unpaired) electrons. The fourth-order valence-electron chi connectivity index (χ4n) is 2.84. The summed E-state index contributed by atoms with van der Waals surface area (Å²) in [6.45, 7) is 5.72. The van der Waals surface area contributed by atoms with E-state index in [9.17, 15) is 9.59 Å². The van der Waals surface area contributed by atoms with Crippen molar-refractivity contribution in [1.82, 2.24) is 10.2 Å². The molecule has 2 atom stereocenters. The van der Waals surface area contributed by atoms with Gasteiger partial charge in [-0.1, -0.05) is 65.5 Å². The van der Waals surface area contributed by atoms with Crippen molar-refractivity contribution in [3.8, 4) is 0 Å². The van der Waals surface area contributed by atoms with Gasteiger partial charge in [-0.2, -0.15) is 0 Å². The summed E-state index contributed by atoms with van der Waals surface area (Å²) in [5, 5.41) is 4.64. The standard InChI is InChI=1S/C22H24Cl4N2O2/c1-4-13(2)27-22(30)14(3)28(12-15-8-9-16(23)10-20(15)26)21(29)11-17-18(24)6-5-7-19(17)25/h5-10,13-14H,4,11-12H2,1-3H3,(H,27,30)/t13-,14-/m1/s1. The molecule has 0 spiro atoms. The summed E-state index contributed by atoms with van der Waals surface area (Å²) in [5.74, 6) is -0.532. The maximum Gasteiger partial charge on any atom is 0.242 e. The molecule has 0 aliphatic carbocycles. The Morgan fingerprint density at radius 3 is 2.20 bits per heavy atom. The van der Waals surface area contributed by atoms with Gasteiger partial charge in [0.15, 0.2) is 0 Å². The van der Waals surface area contributed by atoms with Gasteiger partial charge in [-0.05, 0) is 55.7 Å². The molecular weight excluding hydrogens is 466 g/mol. The Kier molecular flexibility index (Phi) is 9.30. The normalized spacial score (nSPS) is 12.9. The second-order valence-electron chi connectivity index (χ2n) is 7.13. The van der Waals surface area contributed by atoms with Crippen LogP contribution < -0.4 is 5.32 Å². The lowest BCUT2D eigenvalue weighted by Crippen LogP contribution is -2.50. The van der Waals surface area contributed by atoms with Crippen LogP contribution in [0.2, 0.25) is 20.1 Å². The highest BCUT2D eigenvalue weighted by atomic mass is 35.5. The summed E-state index contributed by atoms with van der Waals surface area (Å²) in [5.41, 5.74) is 1.20. The molecule has 1 N–H and O–H groups in total. The third kappa shape index (κ3) is 6.52. The van der Waals surface area contributed by atoms with Crippen LogP contribution in [0.4, 0.5) is 0 Å². The van der Waals surface area contributed by atoms with Crippen LogP contribution in [-0.2, 0) is 22.6 Å². The van der Waals surface area contributed by atoms with E-state index in [0.29, 0.717) is 31.2 Å². The fourth-order valence-corrected chi connectivity index (χ4v) is 3.83. The average molecular weight is 490 g/mol. The van der Waals surface area contributed by atoms with Crippen molar-refractivity contribution >= 4 is 58.2 Å². The number of carbonyl (C=O) groups is 2. The zero-order chi connectivity index (χ0) is 22.4. The molecule has 0 bridgehead atoms. The van der Waals surface area contributed by atoms with E-state index in [0.717, 1.165) is 6.42 Å². The van der Waals surface area contributed by atoms with E-state index >= 15 is 0 Å². The van der Waals surface area contributed by atoms with Crippen molar-refractivity contribution < 1.29 is 9.59 Å². The van der Waals surface area contributed by atoms with Crippen LogP contribution in [0.15, 0.2) is 36.4 Å². The van der Waals surface area contributed by atoms with Crippen LogP contribution in [0.1, 0.15) is 38.3 Å². The lowest BCUT2D eigenvalue weighted by atomic mass is 10.1. The first-order chi connectivity index (χ1) is 14.1. The van der Waals surface area contributed by atoms with Gasteiger partial charge in [0.05, 0.1) is 6.42 Å². The lowest BCUT2D eigenvalue weighted by molar-refractivity contribution is -0.140. The van der Waals surface area contributed by atoms with Crippen LogP contribution in [0, 0.1) is 0 Å². The average Bonchev–Trinajstić information content (AvgIpc) is 2.69. The molecule has 30 heavy (non-hydrogen) atoms. The van der Waals surface area contributed by atoms with Gasteiger partial charge in [0.1, 0.15) is 6.04 Å². The van der Waals surface area contributed by atoms with E-state index in [1.807, 2.05) is 13.8 Å². The smallest absolute Gasteiger partial charge is 0.242 e. The molecule has 2 amide bonds. The van der Waals surface area contributed by atoms with E-state index in [4.69, 9.17) is 46.4 Å². The highest BCUT2D eigenvalue weighted by Crippen LogP contribution is 2.27.